The van der Waals surface area contributed by atoms with E-state index in [1.54, 1.807) is 6.20 Å². The van der Waals surface area contributed by atoms with E-state index in [1.807, 2.05) is 29.6 Å². The van der Waals surface area contributed by atoms with Gasteiger partial charge in [-0.3, -0.25) is 4.79 Å². The highest BCUT2D eigenvalue weighted by molar-refractivity contribution is 8.00. The molecule has 17 heavy (non-hydrogen) atoms. The van der Waals surface area contributed by atoms with Gasteiger partial charge in [-0.1, -0.05) is 17.7 Å². The van der Waals surface area contributed by atoms with Gasteiger partial charge in [0.05, 0.1) is 17.2 Å². The molecule has 0 amide bonds. The normalized spacial score (nSPS) is 10.4. The Morgan fingerprint density at radius 1 is 1.47 bits per heavy atom. The molecule has 0 aliphatic heterocycles. The molecule has 0 atom stereocenters. The maximum atomic E-state index is 11.7. The molecule has 0 N–H and O–H groups in total. The summed E-state index contributed by atoms with van der Waals surface area (Å²) in [7, 11) is 0. The number of benzene rings is 1. The van der Waals surface area contributed by atoms with Gasteiger partial charge in [0.15, 0.2) is 0 Å². The van der Waals surface area contributed by atoms with Crippen molar-refractivity contribution in [2.24, 2.45) is 0 Å². The van der Waals surface area contributed by atoms with Gasteiger partial charge >= 0.3 is 0 Å². The lowest BCUT2D eigenvalue weighted by atomic mass is 10.3. The molecular weight excluding hydrogens is 274 g/mol. The Labute approximate surface area is 113 Å². The number of thioether (sulfide) groups is 1. The molecule has 0 radical (unpaired) electrons. The average Bonchev–Trinajstić information content (AvgIpc) is 2.79. The third-order valence-electron chi connectivity index (χ3n) is 2.03. The molecule has 1 aromatic carbocycles. The van der Waals surface area contributed by atoms with Gasteiger partial charge in [-0.15, -0.1) is 23.1 Å². The van der Waals surface area contributed by atoms with Gasteiger partial charge in [0.2, 0.25) is 0 Å². The summed E-state index contributed by atoms with van der Waals surface area (Å²) in [6.07, 6.45) is 2.14. The van der Waals surface area contributed by atoms with Crippen molar-refractivity contribution in [1.82, 2.24) is 4.98 Å². The molecule has 0 saturated carbocycles. The molecular formula is C12H10ClNOS2. The van der Waals surface area contributed by atoms with Crippen molar-refractivity contribution in [1.29, 1.82) is 0 Å². The first-order chi connectivity index (χ1) is 8.24. The Kier molecular flexibility index (Phi) is 4.59. The van der Waals surface area contributed by atoms with E-state index in [4.69, 9.17) is 11.6 Å². The van der Waals surface area contributed by atoms with E-state index in [2.05, 4.69) is 4.98 Å². The average molecular weight is 284 g/mol. The second-order valence-corrected chi connectivity index (χ2v) is 5.85. The molecule has 2 aromatic rings. The van der Waals surface area contributed by atoms with Crippen molar-refractivity contribution < 1.29 is 4.79 Å². The van der Waals surface area contributed by atoms with Crippen LogP contribution in [0.4, 0.5) is 0 Å². The summed E-state index contributed by atoms with van der Waals surface area (Å²) in [5.74, 6) is 0.643. The number of hydrogen-bond donors (Lipinski definition) is 0. The molecule has 0 bridgehead atoms. The van der Waals surface area contributed by atoms with E-state index in [0.717, 1.165) is 9.90 Å². The number of carbonyl (C=O) groups is 1. The Balaban J connectivity index is 1.84. The van der Waals surface area contributed by atoms with Crippen LogP contribution in [0.2, 0.25) is 5.02 Å². The van der Waals surface area contributed by atoms with Crippen LogP contribution < -0.4 is 0 Å². The number of thiazole rings is 1. The predicted octanol–water partition coefficient (Wildman–Crippen LogP) is 3.70. The second kappa shape index (κ2) is 6.19. The van der Waals surface area contributed by atoms with Crippen molar-refractivity contribution in [3.63, 3.8) is 0 Å². The van der Waals surface area contributed by atoms with Crippen LogP contribution in [0.3, 0.4) is 0 Å². The lowest BCUT2D eigenvalue weighted by molar-refractivity contribution is -0.116. The number of ketones is 1. The topological polar surface area (TPSA) is 30.0 Å². The van der Waals surface area contributed by atoms with Crippen LogP contribution in [-0.2, 0) is 11.2 Å². The lowest BCUT2D eigenvalue weighted by Gasteiger charge is -2.00. The van der Waals surface area contributed by atoms with Crippen LogP contribution in [-0.4, -0.2) is 16.5 Å². The third kappa shape index (κ3) is 4.15. The zero-order valence-corrected chi connectivity index (χ0v) is 11.3. The minimum Gasteiger partial charge on any atom is -0.298 e. The van der Waals surface area contributed by atoms with Crippen LogP contribution >= 0.6 is 34.7 Å². The Bertz CT molecular complexity index is 499. The SMILES string of the molecule is O=C(CSc1cccc(Cl)c1)Cc1nccs1. The minimum atomic E-state index is 0.185. The number of aromatic nitrogens is 1. The first kappa shape index (κ1) is 12.6. The molecule has 88 valence electrons. The Morgan fingerprint density at radius 2 is 2.35 bits per heavy atom. The van der Waals surface area contributed by atoms with Crippen molar-refractivity contribution in [3.05, 3.63) is 45.9 Å². The van der Waals surface area contributed by atoms with E-state index >= 15 is 0 Å². The summed E-state index contributed by atoms with van der Waals surface area (Å²) in [5.41, 5.74) is 0. The molecule has 2 rings (SSSR count). The van der Waals surface area contributed by atoms with Crippen molar-refractivity contribution in [3.8, 4) is 0 Å². The fourth-order valence-electron chi connectivity index (χ4n) is 1.28. The largest absolute Gasteiger partial charge is 0.298 e. The fourth-order valence-corrected chi connectivity index (χ4v) is 3.00. The summed E-state index contributed by atoms with van der Waals surface area (Å²) in [5, 5.41) is 3.45. The maximum absolute atomic E-state index is 11.7. The molecule has 0 saturated heterocycles. The molecule has 2 nitrogen and oxygen atoms in total. The highest BCUT2D eigenvalue weighted by Crippen LogP contribution is 2.22. The smallest absolute Gasteiger partial charge is 0.149 e. The molecule has 0 spiro atoms. The van der Waals surface area contributed by atoms with E-state index in [1.165, 1.54) is 23.1 Å². The number of Topliss-reactive ketones (excluding diaryl/α,β-unsaturated/α-hetero) is 1. The summed E-state index contributed by atoms with van der Waals surface area (Å²) in [4.78, 5) is 16.8. The molecule has 1 aromatic heterocycles. The molecule has 5 heteroatoms. The highest BCUT2D eigenvalue weighted by Gasteiger charge is 2.06. The van der Waals surface area contributed by atoms with Crippen LogP contribution in [0.15, 0.2) is 40.7 Å². The maximum Gasteiger partial charge on any atom is 0.149 e. The van der Waals surface area contributed by atoms with E-state index < -0.39 is 0 Å². The standard InChI is InChI=1S/C12H10ClNOS2/c13-9-2-1-3-11(6-9)17-8-10(15)7-12-14-4-5-16-12/h1-6H,7-8H2. The van der Waals surface area contributed by atoms with Gasteiger partial charge in [0.1, 0.15) is 5.78 Å². The van der Waals surface area contributed by atoms with Crippen LogP contribution in [0, 0.1) is 0 Å². The lowest BCUT2D eigenvalue weighted by Crippen LogP contribution is -2.05. The quantitative estimate of drug-likeness (QED) is 0.784. The van der Waals surface area contributed by atoms with Crippen LogP contribution in [0.1, 0.15) is 5.01 Å². The van der Waals surface area contributed by atoms with Gasteiger partial charge in [-0.25, -0.2) is 4.98 Å². The van der Waals surface area contributed by atoms with Crippen molar-refractivity contribution in [2.75, 3.05) is 5.75 Å². The molecule has 0 aliphatic carbocycles. The van der Waals surface area contributed by atoms with Crippen molar-refractivity contribution >= 4 is 40.5 Å². The summed E-state index contributed by atoms with van der Waals surface area (Å²) in [6.45, 7) is 0. The summed E-state index contributed by atoms with van der Waals surface area (Å²) < 4.78 is 0. The zero-order chi connectivity index (χ0) is 12.1. The van der Waals surface area contributed by atoms with Gasteiger partial charge < -0.3 is 0 Å². The van der Waals surface area contributed by atoms with Crippen molar-refractivity contribution in [2.45, 2.75) is 11.3 Å². The summed E-state index contributed by atoms with van der Waals surface area (Å²) >= 11 is 8.89. The zero-order valence-electron chi connectivity index (χ0n) is 8.93. The van der Waals surface area contributed by atoms with E-state index in [0.29, 0.717) is 17.2 Å². The van der Waals surface area contributed by atoms with Crippen LogP contribution in [0.5, 0.6) is 0 Å². The van der Waals surface area contributed by atoms with Gasteiger partial charge in [0.25, 0.3) is 0 Å². The second-order valence-electron chi connectivity index (χ2n) is 3.39. The van der Waals surface area contributed by atoms with Gasteiger partial charge in [-0.2, -0.15) is 0 Å². The minimum absolute atomic E-state index is 0.185. The van der Waals surface area contributed by atoms with Crippen LogP contribution in [0.25, 0.3) is 0 Å². The number of halogens is 1. The monoisotopic (exact) mass is 283 g/mol. The third-order valence-corrected chi connectivity index (χ3v) is 4.10. The number of carbonyl (C=O) groups excluding carboxylic acids is 1. The molecule has 0 aliphatic rings. The Hall–Kier alpha value is -0.840. The number of rotatable bonds is 5. The Morgan fingerprint density at radius 3 is 3.06 bits per heavy atom. The fraction of sp³-hybridized carbons (Fsp3) is 0.167. The molecule has 0 fully saturated rings. The highest BCUT2D eigenvalue weighted by atomic mass is 35.5. The van der Waals surface area contributed by atoms with Gasteiger partial charge in [0, 0.05) is 21.5 Å². The van der Waals surface area contributed by atoms with E-state index in [9.17, 15) is 4.79 Å². The number of hydrogen-bond acceptors (Lipinski definition) is 4. The van der Waals surface area contributed by atoms with E-state index in [-0.39, 0.29) is 5.78 Å². The molecule has 1 heterocycles. The first-order valence-electron chi connectivity index (χ1n) is 5.02. The van der Waals surface area contributed by atoms with Gasteiger partial charge in [-0.05, 0) is 18.2 Å². The predicted molar refractivity (Wildman–Crippen MR) is 73.0 cm³/mol. The first-order valence-corrected chi connectivity index (χ1v) is 7.27. The summed E-state index contributed by atoms with van der Waals surface area (Å²) in [6, 6.07) is 7.52. The molecule has 0 unspecified atom stereocenters. The number of nitrogens with zero attached hydrogens (tertiary/aromatic N) is 1.